The summed E-state index contributed by atoms with van der Waals surface area (Å²) in [5.41, 5.74) is -0.146. The van der Waals surface area contributed by atoms with Gasteiger partial charge >= 0.3 is 6.03 Å². The molecule has 0 aliphatic carbocycles. The summed E-state index contributed by atoms with van der Waals surface area (Å²) in [4.78, 5) is 26.6. The van der Waals surface area contributed by atoms with Crippen LogP contribution in [0, 0.1) is 0 Å². The fourth-order valence-electron chi connectivity index (χ4n) is 3.58. The van der Waals surface area contributed by atoms with Gasteiger partial charge in [-0.25, -0.2) is 4.79 Å². The molecule has 4 rings (SSSR count). The Morgan fingerprint density at radius 3 is 2.47 bits per heavy atom. The molecule has 2 aromatic carbocycles. The highest BCUT2D eigenvalue weighted by Gasteiger charge is 2.47. The smallest absolute Gasteiger partial charge is 0.325 e. The predicted octanol–water partition coefficient (Wildman–Crippen LogP) is 2.75. The number of amides is 3. The quantitative estimate of drug-likeness (QED) is 0.671. The fraction of sp³-hybridized carbons (Fsp3) is 0.364. The van der Waals surface area contributed by atoms with Crippen LogP contribution in [0.2, 0.25) is 0 Å². The van der Waals surface area contributed by atoms with Crippen LogP contribution >= 0.6 is 0 Å². The number of rotatable bonds is 8. The van der Waals surface area contributed by atoms with E-state index in [0.717, 1.165) is 11.3 Å². The molecule has 8 heteroatoms. The SMILES string of the molecule is CCOc1ccc(OCCN2C(=O)N[C@](C)(Cc3ccc4c(c3)OCO4)C2=O)cc1. The van der Waals surface area contributed by atoms with Crippen molar-refractivity contribution in [1.82, 2.24) is 10.2 Å². The predicted molar refractivity (Wildman–Crippen MR) is 108 cm³/mol. The van der Waals surface area contributed by atoms with E-state index >= 15 is 0 Å². The lowest BCUT2D eigenvalue weighted by Crippen LogP contribution is -2.46. The molecule has 1 atom stereocenters. The monoisotopic (exact) mass is 412 g/mol. The summed E-state index contributed by atoms with van der Waals surface area (Å²) in [5.74, 6) is 2.46. The highest BCUT2D eigenvalue weighted by Crippen LogP contribution is 2.34. The van der Waals surface area contributed by atoms with Crippen LogP contribution in [0.25, 0.3) is 0 Å². The molecular weight excluding hydrogens is 388 g/mol. The van der Waals surface area contributed by atoms with Crippen molar-refractivity contribution in [3.8, 4) is 23.0 Å². The first-order valence-electron chi connectivity index (χ1n) is 9.87. The molecule has 2 aliphatic rings. The third kappa shape index (κ3) is 3.98. The normalized spacial score (nSPS) is 19.7. The molecule has 0 unspecified atom stereocenters. The minimum absolute atomic E-state index is 0.161. The van der Waals surface area contributed by atoms with Crippen LogP contribution in [0.1, 0.15) is 19.4 Å². The van der Waals surface area contributed by atoms with Crippen LogP contribution in [0.15, 0.2) is 42.5 Å². The summed E-state index contributed by atoms with van der Waals surface area (Å²) in [5, 5.41) is 2.81. The molecular formula is C22H24N2O6. The summed E-state index contributed by atoms with van der Waals surface area (Å²) < 4.78 is 21.8. The third-order valence-corrected chi connectivity index (χ3v) is 5.06. The van der Waals surface area contributed by atoms with Gasteiger partial charge in [0, 0.05) is 6.42 Å². The molecule has 0 bridgehead atoms. The van der Waals surface area contributed by atoms with Crippen molar-refractivity contribution >= 4 is 11.9 Å². The van der Waals surface area contributed by atoms with Crippen molar-refractivity contribution in [2.75, 3.05) is 26.6 Å². The Kier molecular flexibility index (Phi) is 5.39. The molecule has 8 nitrogen and oxygen atoms in total. The van der Waals surface area contributed by atoms with Gasteiger partial charge in [0.2, 0.25) is 6.79 Å². The molecule has 0 aromatic heterocycles. The van der Waals surface area contributed by atoms with Crippen molar-refractivity contribution in [3.63, 3.8) is 0 Å². The molecule has 0 spiro atoms. The molecule has 2 heterocycles. The highest BCUT2D eigenvalue weighted by molar-refractivity contribution is 6.07. The Hall–Kier alpha value is -3.42. The Morgan fingerprint density at radius 1 is 1.03 bits per heavy atom. The molecule has 30 heavy (non-hydrogen) atoms. The van der Waals surface area contributed by atoms with Gasteiger partial charge in [-0.3, -0.25) is 9.69 Å². The Labute approximate surface area is 174 Å². The van der Waals surface area contributed by atoms with Crippen molar-refractivity contribution in [2.24, 2.45) is 0 Å². The molecule has 0 saturated carbocycles. The van der Waals surface area contributed by atoms with Crippen molar-refractivity contribution in [3.05, 3.63) is 48.0 Å². The lowest BCUT2D eigenvalue weighted by atomic mass is 9.92. The van der Waals surface area contributed by atoms with Crippen LogP contribution < -0.4 is 24.3 Å². The number of urea groups is 1. The number of carbonyl (C=O) groups excluding carboxylic acids is 2. The molecule has 1 saturated heterocycles. The number of nitrogens with one attached hydrogen (secondary N) is 1. The standard InChI is InChI=1S/C22H24N2O6/c1-3-27-16-5-7-17(8-6-16)28-11-10-24-20(25)22(2,23-21(24)26)13-15-4-9-18-19(12-15)30-14-29-18/h4-9,12H,3,10-11,13-14H2,1-2H3,(H,23,26)/t22-/m1/s1. The van der Waals surface area contributed by atoms with E-state index in [9.17, 15) is 9.59 Å². The summed E-state index contributed by atoms with van der Waals surface area (Å²) >= 11 is 0. The van der Waals surface area contributed by atoms with Crippen molar-refractivity contribution in [1.29, 1.82) is 0 Å². The molecule has 1 fully saturated rings. The van der Waals surface area contributed by atoms with Crippen molar-refractivity contribution in [2.45, 2.75) is 25.8 Å². The molecule has 2 aromatic rings. The first-order valence-corrected chi connectivity index (χ1v) is 9.87. The van der Waals surface area contributed by atoms with Crippen LogP contribution in [0.4, 0.5) is 4.79 Å². The molecule has 0 radical (unpaired) electrons. The van der Waals surface area contributed by atoms with E-state index in [1.807, 2.05) is 37.3 Å². The second-order valence-corrected chi connectivity index (χ2v) is 7.34. The van der Waals surface area contributed by atoms with Crippen LogP contribution in [0.5, 0.6) is 23.0 Å². The molecule has 3 amide bonds. The average Bonchev–Trinajstić information content (AvgIpc) is 3.27. The number of hydrogen-bond acceptors (Lipinski definition) is 6. The Bertz CT molecular complexity index is 945. The van der Waals surface area contributed by atoms with E-state index in [1.165, 1.54) is 4.90 Å². The first-order chi connectivity index (χ1) is 14.5. The van der Waals surface area contributed by atoms with Gasteiger partial charge in [0.05, 0.1) is 13.2 Å². The minimum atomic E-state index is -1.02. The number of ether oxygens (including phenoxy) is 4. The Balaban J connectivity index is 1.35. The van der Waals surface area contributed by atoms with Crippen LogP contribution in [-0.2, 0) is 11.2 Å². The van der Waals surface area contributed by atoms with Crippen LogP contribution in [0.3, 0.4) is 0 Å². The van der Waals surface area contributed by atoms with E-state index < -0.39 is 11.6 Å². The van der Waals surface area contributed by atoms with Crippen LogP contribution in [-0.4, -0.2) is 48.9 Å². The van der Waals surface area contributed by atoms with Gasteiger partial charge in [0.1, 0.15) is 23.6 Å². The van der Waals surface area contributed by atoms with E-state index in [2.05, 4.69) is 5.32 Å². The molecule has 1 N–H and O–H groups in total. The topological polar surface area (TPSA) is 86.3 Å². The lowest BCUT2D eigenvalue weighted by molar-refractivity contribution is -0.131. The minimum Gasteiger partial charge on any atom is -0.494 e. The van der Waals surface area contributed by atoms with E-state index in [-0.39, 0.29) is 25.9 Å². The zero-order valence-electron chi connectivity index (χ0n) is 17.0. The number of nitrogens with zero attached hydrogens (tertiary/aromatic N) is 1. The van der Waals surface area contributed by atoms with E-state index in [4.69, 9.17) is 18.9 Å². The highest BCUT2D eigenvalue weighted by atomic mass is 16.7. The summed E-state index contributed by atoms with van der Waals surface area (Å²) in [6, 6.07) is 12.3. The van der Waals surface area contributed by atoms with Gasteiger partial charge in [0.15, 0.2) is 11.5 Å². The first kappa shape index (κ1) is 19.9. The number of fused-ring (bicyclic) bond motifs is 1. The van der Waals surface area contributed by atoms with Gasteiger partial charge in [-0.1, -0.05) is 6.07 Å². The van der Waals surface area contributed by atoms with E-state index in [0.29, 0.717) is 30.3 Å². The number of carbonyl (C=O) groups is 2. The maximum Gasteiger partial charge on any atom is 0.325 e. The molecule has 2 aliphatic heterocycles. The fourth-order valence-corrected chi connectivity index (χ4v) is 3.58. The van der Waals surface area contributed by atoms with Gasteiger partial charge in [-0.05, 0) is 55.8 Å². The Morgan fingerprint density at radius 2 is 1.73 bits per heavy atom. The van der Waals surface area contributed by atoms with E-state index in [1.54, 1.807) is 19.1 Å². The largest absolute Gasteiger partial charge is 0.494 e. The number of hydrogen-bond donors (Lipinski definition) is 1. The summed E-state index contributed by atoms with van der Waals surface area (Å²) in [6.07, 6.45) is 0.352. The number of imide groups is 1. The lowest BCUT2D eigenvalue weighted by Gasteiger charge is -2.22. The third-order valence-electron chi connectivity index (χ3n) is 5.06. The maximum absolute atomic E-state index is 12.9. The van der Waals surface area contributed by atoms with Crippen molar-refractivity contribution < 1.29 is 28.5 Å². The average molecular weight is 412 g/mol. The zero-order chi connectivity index (χ0) is 21.1. The maximum atomic E-state index is 12.9. The summed E-state index contributed by atoms with van der Waals surface area (Å²) in [6.45, 7) is 4.79. The second-order valence-electron chi connectivity index (χ2n) is 7.34. The van der Waals surface area contributed by atoms with Gasteiger partial charge in [-0.2, -0.15) is 0 Å². The zero-order valence-corrected chi connectivity index (χ0v) is 17.0. The van der Waals surface area contributed by atoms with Gasteiger partial charge in [0.25, 0.3) is 5.91 Å². The van der Waals surface area contributed by atoms with Gasteiger partial charge < -0.3 is 24.3 Å². The molecule has 158 valence electrons. The second kappa shape index (κ2) is 8.14. The van der Waals surface area contributed by atoms with Gasteiger partial charge in [-0.15, -0.1) is 0 Å². The summed E-state index contributed by atoms with van der Waals surface area (Å²) in [7, 11) is 0. The number of benzene rings is 2.